The second kappa shape index (κ2) is 5.60. The number of hydrogen-bond donors (Lipinski definition) is 1. The maximum Gasteiger partial charge on any atom is 0.255 e. The molecule has 0 amide bonds. The van der Waals surface area contributed by atoms with Crippen LogP contribution in [0.3, 0.4) is 0 Å². The molecule has 0 aliphatic heterocycles. The van der Waals surface area contributed by atoms with Gasteiger partial charge in [-0.25, -0.2) is 13.8 Å². The zero-order valence-electron chi connectivity index (χ0n) is 8.66. The van der Waals surface area contributed by atoms with Crippen molar-refractivity contribution in [2.45, 2.75) is 12.8 Å². The molecule has 0 spiro atoms. The Morgan fingerprint density at radius 3 is 2.87 bits per heavy atom. The fourth-order valence-electron chi connectivity index (χ4n) is 1.42. The Kier molecular flexibility index (Phi) is 4.42. The van der Waals surface area contributed by atoms with E-state index in [1.165, 1.54) is 4.90 Å². The molecule has 3 nitrogen and oxygen atoms in total. The smallest absolute Gasteiger partial charge is 0.255 e. The predicted molar refractivity (Wildman–Crippen MR) is 56.3 cm³/mol. The molecule has 5 heteroatoms. The highest BCUT2D eigenvalue weighted by atomic mass is 19.3. The first kappa shape index (κ1) is 11.8. The number of aromatic nitrogens is 1. The van der Waals surface area contributed by atoms with Crippen LogP contribution in [-0.4, -0.2) is 31.5 Å². The summed E-state index contributed by atoms with van der Waals surface area (Å²) in [5, 5.41) is 0. The molecule has 0 aliphatic carbocycles. The van der Waals surface area contributed by atoms with Crippen LogP contribution in [0.1, 0.15) is 5.56 Å². The summed E-state index contributed by atoms with van der Waals surface area (Å²) in [6, 6.07) is 3.64. The van der Waals surface area contributed by atoms with Crippen molar-refractivity contribution in [2.24, 2.45) is 5.73 Å². The van der Waals surface area contributed by atoms with Gasteiger partial charge in [0.1, 0.15) is 5.82 Å². The second-order valence-electron chi connectivity index (χ2n) is 3.30. The highest BCUT2D eigenvalue weighted by Gasteiger charge is 2.12. The van der Waals surface area contributed by atoms with E-state index in [-0.39, 0.29) is 6.54 Å². The Morgan fingerprint density at radius 2 is 2.27 bits per heavy atom. The van der Waals surface area contributed by atoms with E-state index in [1.807, 2.05) is 6.07 Å². The van der Waals surface area contributed by atoms with Gasteiger partial charge in [-0.05, 0) is 24.6 Å². The number of alkyl halides is 2. The number of pyridine rings is 1. The van der Waals surface area contributed by atoms with Crippen molar-refractivity contribution >= 4 is 5.82 Å². The van der Waals surface area contributed by atoms with Crippen LogP contribution < -0.4 is 10.6 Å². The summed E-state index contributed by atoms with van der Waals surface area (Å²) >= 11 is 0. The Morgan fingerprint density at radius 1 is 1.53 bits per heavy atom. The van der Waals surface area contributed by atoms with Gasteiger partial charge in [0.2, 0.25) is 0 Å². The van der Waals surface area contributed by atoms with Crippen LogP contribution in [0.2, 0.25) is 0 Å². The lowest BCUT2D eigenvalue weighted by Crippen LogP contribution is -2.26. The number of anilines is 1. The van der Waals surface area contributed by atoms with Gasteiger partial charge in [0.25, 0.3) is 6.43 Å². The Bertz CT molecular complexity index is 304. The van der Waals surface area contributed by atoms with Gasteiger partial charge in [-0.2, -0.15) is 0 Å². The quantitative estimate of drug-likeness (QED) is 0.804. The van der Waals surface area contributed by atoms with E-state index in [2.05, 4.69) is 4.98 Å². The minimum atomic E-state index is -2.36. The lowest BCUT2D eigenvalue weighted by Gasteiger charge is -2.20. The molecule has 0 fully saturated rings. The number of halogens is 2. The lowest BCUT2D eigenvalue weighted by molar-refractivity contribution is 0.156. The lowest BCUT2D eigenvalue weighted by atomic mass is 10.2. The number of nitrogens with zero attached hydrogens (tertiary/aromatic N) is 2. The van der Waals surface area contributed by atoms with Crippen molar-refractivity contribution in [3.8, 4) is 0 Å². The monoisotopic (exact) mass is 215 g/mol. The molecule has 0 radical (unpaired) electrons. The van der Waals surface area contributed by atoms with E-state index in [1.54, 1.807) is 19.3 Å². The van der Waals surface area contributed by atoms with Crippen molar-refractivity contribution in [1.29, 1.82) is 0 Å². The predicted octanol–water partition coefficient (Wildman–Crippen LogP) is 1.28. The summed E-state index contributed by atoms with van der Waals surface area (Å²) < 4.78 is 24.4. The molecule has 0 saturated heterocycles. The summed E-state index contributed by atoms with van der Waals surface area (Å²) in [6.45, 7) is 0.176. The van der Waals surface area contributed by atoms with E-state index >= 15 is 0 Å². The van der Waals surface area contributed by atoms with Gasteiger partial charge in [0.05, 0.1) is 6.54 Å². The summed E-state index contributed by atoms with van der Waals surface area (Å²) in [6.07, 6.45) is -0.114. The molecule has 2 N–H and O–H groups in total. The maximum atomic E-state index is 12.2. The molecule has 1 aromatic heterocycles. The molecule has 0 aliphatic rings. The summed E-state index contributed by atoms with van der Waals surface area (Å²) in [5.41, 5.74) is 6.34. The molecule has 1 rings (SSSR count). The van der Waals surface area contributed by atoms with E-state index in [0.717, 1.165) is 5.56 Å². The van der Waals surface area contributed by atoms with Crippen molar-refractivity contribution in [2.75, 3.05) is 25.0 Å². The molecule has 0 atom stereocenters. The largest absolute Gasteiger partial charge is 0.354 e. The normalized spacial score (nSPS) is 10.7. The van der Waals surface area contributed by atoms with Crippen LogP contribution in [0, 0.1) is 0 Å². The van der Waals surface area contributed by atoms with Gasteiger partial charge in [-0.1, -0.05) is 6.07 Å². The fourth-order valence-corrected chi connectivity index (χ4v) is 1.42. The average Bonchev–Trinajstić information content (AvgIpc) is 2.18. The topological polar surface area (TPSA) is 42.2 Å². The maximum absolute atomic E-state index is 12.2. The summed E-state index contributed by atoms with van der Waals surface area (Å²) in [4.78, 5) is 5.54. The van der Waals surface area contributed by atoms with Crippen molar-refractivity contribution in [1.82, 2.24) is 4.98 Å². The fraction of sp³-hybridized carbons (Fsp3) is 0.500. The van der Waals surface area contributed by atoms with Gasteiger partial charge in [-0.15, -0.1) is 0 Å². The minimum Gasteiger partial charge on any atom is -0.354 e. The first-order valence-corrected chi connectivity index (χ1v) is 4.78. The van der Waals surface area contributed by atoms with Crippen molar-refractivity contribution in [3.05, 3.63) is 23.9 Å². The Balaban J connectivity index is 2.81. The van der Waals surface area contributed by atoms with Crippen LogP contribution in [0.4, 0.5) is 14.6 Å². The first-order valence-electron chi connectivity index (χ1n) is 4.78. The van der Waals surface area contributed by atoms with Crippen molar-refractivity contribution < 1.29 is 8.78 Å². The SMILES string of the molecule is CN(CC(F)F)c1ncccc1CCN. The van der Waals surface area contributed by atoms with Gasteiger partial charge in [0.15, 0.2) is 0 Å². The van der Waals surface area contributed by atoms with Crippen LogP contribution in [0.5, 0.6) is 0 Å². The minimum absolute atomic E-state index is 0.311. The molecule has 0 unspecified atom stereocenters. The molecule has 1 aromatic rings. The highest BCUT2D eigenvalue weighted by molar-refractivity contribution is 5.46. The van der Waals surface area contributed by atoms with Crippen LogP contribution in [0.25, 0.3) is 0 Å². The van der Waals surface area contributed by atoms with E-state index < -0.39 is 6.43 Å². The Labute approximate surface area is 87.9 Å². The molecule has 0 bridgehead atoms. The van der Waals surface area contributed by atoms with Gasteiger partial charge >= 0.3 is 0 Å². The first-order chi connectivity index (χ1) is 7.15. The second-order valence-corrected chi connectivity index (χ2v) is 3.30. The van der Waals surface area contributed by atoms with E-state index in [0.29, 0.717) is 18.8 Å². The highest BCUT2D eigenvalue weighted by Crippen LogP contribution is 2.16. The molecule has 0 aromatic carbocycles. The molecular formula is C10H15F2N3. The Hall–Kier alpha value is -1.23. The van der Waals surface area contributed by atoms with Crippen molar-refractivity contribution in [3.63, 3.8) is 0 Å². The van der Waals surface area contributed by atoms with Crippen LogP contribution >= 0.6 is 0 Å². The zero-order chi connectivity index (χ0) is 11.3. The summed E-state index contributed by atoms with van der Waals surface area (Å²) in [5.74, 6) is 0.586. The molecular weight excluding hydrogens is 200 g/mol. The van der Waals surface area contributed by atoms with E-state index in [9.17, 15) is 8.78 Å². The third kappa shape index (κ3) is 3.43. The van der Waals surface area contributed by atoms with E-state index in [4.69, 9.17) is 5.73 Å². The molecule has 84 valence electrons. The van der Waals surface area contributed by atoms with Crippen LogP contribution in [0.15, 0.2) is 18.3 Å². The van der Waals surface area contributed by atoms with Gasteiger partial charge in [0, 0.05) is 13.2 Å². The average molecular weight is 215 g/mol. The number of nitrogens with two attached hydrogens (primary N) is 1. The standard InChI is InChI=1S/C10H15F2N3/c1-15(7-9(11)12)10-8(4-5-13)3-2-6-14-10/h2-3,6,9H,4-5,7,13H2,1H3. The molecule has 0 saturated carbocycles. The summed E-state index contributed by atoms with van der Waals surface area (Å²) in [7, 11) is 1.61. The third-order valence-corrected chi connectivity index (χ3v) is 2.05. The van der Waals surface area contributed by atoms with Gasteiger partial charge < -0.3 is 10.6 Å². The van der Waals surface area contributed by atoms with Crippen LogP contribution in [-0.2, 0) is 6.42 Å². The zero-order valence-corrected chi connectivity index (χ0v) is 8.66. The van der Waals surface area contributed by atoms with Gasteiger partial charge in [-0.3, -0.25) is 0 Å². The number of hydrogen-bond acceptors (Lipinski definition) is 3. The third-order valence-electron chi connectivity index (χ3n) is 2.05. The molecule has 15 heavy (non-hydrogen) atoms. The number of rotatable bonds is 5. The molecule has 1 heterocycles.